The van der Waals surface area contributed by atoms with Crippen LogP contribution in [0.15, 0.2) is 24.3 Å². The van der Waals surface area contributed by atoms with Crippen LogP contribution in [0.25, 0.3) is 0 Å². The van der Waals surface area contributed by atoms with Gasteiger partial charge in [0.25, 0.3) is 0 Å². The van der Waals surface area contributed by atoms with Gasteiger partial charge in [-0.3, -0.25) is 14.6 Å². The van der Waals surface area contributed by atoms with Gasteiger partial charge in [-0.25, -0.2) is 0 Å². The lowest BCUT2D eigenvalue weighted by atomic mass is 10.1. The maximum Gasteiger partial charge on any atom is 0.176 e. The van der Waals surface area contributed by atoms with Crippen LogP contribution >= 0.6 is 0 Å². The number of ketones is 1. The molecule has 0 spiro atoms. The molecule has 1 heterocycles. The zero-order chi connectivity index (χ0) is 13.7. The number of hydrogen-bond donors (Lipinski definition) is 2. The van der Waals surface area contributed by atoms with Gasteiger partial charge in [0, 0.05) is 38.3 Å². The smallest absolute Gasteiger partial charge is 0.176 e. The minimum absolute atomic E-state index is 0.0793. The van der Waals surface area contributed by atoms with Gasteiger partial charge in [-0.05, 0) is 24.3 Å². The van der Waals surface area contributed by atoms with Crippen LogP contribution in [-0.2, 0) is 0 Å². The van der Waals surface area contributed by atoms with Crippen LogP contribution in [0, 0.1) is 0 Å². The van der Waals surface area contributed by atoms with E-state index in [2.05, 4.69) is 9.80 Å². The Kier molecular flexibility index (Phi) is 4.90. The minimum atomic E-state index is 0.0793. The quantitative estimate of drug-likeness (QED) is 0.743. The van der Waals surface area contributed by atoms with Gasteiger partial charge >= 0.3 is 0 Å². The van der Waals surface area contributed by atoms with E-state index in [9.17, 15) is 9.90 Å². The maximum atomic E-state index is 12.1. The van der Waals surface area contributed by atoms with Crippen LogP contribution in [0.1, 0.15) is 10.4 Å². The average Bonchev–Trinajstić information content (AvgIpc) is 2.42. The summed E-state index contributed by atoms with van der Waals surface area (Å²) < 4.78 is 0. The summed E-state index contributed by atoms with van der Waals surface area (Å²) in [5, 5.41) is 18.1. The summed E-state index contributed by atoms with van der Waals surface area (Å²) in [5.74, 6) is 0.254. The molecule has 5 heteroatoms. The standard InChI is InChI=1S/C14H20N2O3/c17-10-9-15-5-7-16(8-6-15)11-14(19)12-1-3-13(18)4-2-12/h1-4,17-18H,5-11H2. The van der Waals surface area contributed by atoms with Crippen LogP contribution in [0.5, 0.6) is 5.75 Å². The third-order valence-electron chi connectivity index (χ3n) is 3.44. The van der Waals surface area contributed by atoms with Gasteiger partial charge in [-0.2, -0.15) is 0 Å². The highest BCUT2D eigenvalue weighted by Gasteiger charge is 2.18. The second-order valence-corrected chi connectivity index (χ2v) is 4.81. The Morgan fingerprint density at radius 3 is 2.21 bits per heavy atom. The summed E-state index contributed by atoms with van der Waals surface area (Å²) in [6, 6.07) is 6.37. The van der Waals surface area contributed by atoms with Crippen molar-refractivity contribution in [3.05, 3.63) is 29.8 Å². The molecule has 0 amide bonds. The van der Waals surface area contributed by atoms with Crippen molar-refractivity contribution >= 4 is 5.78 Å². The number of phenols is 1. The van der Waals surface area contributed by atoms with E-state index >= 15 is 0 Å². The summed E-state index contributed by atoms with van der Waals surface area (Å²) >= 11 is 0. The summed E-state index contributed by atoms with van der Waals surface area (Å²) in [6.07, 6.45) is 0. The molecule has 0 unspecified atom stereocenters. The average molecular weight is 264 g/mol. The molecule has 1 aromatic carbocycles. The molecule has 0 aromatic heterocycles. The molecule has 2 N–H and O–H groups in total. The Morgan fingerprint density at radius 2 is 1.63 bits per heavy atom. The van der Waals surface area contributed by atoms with Crippen LogP contribution in [0.2, 0.25) is 0 Å². The number of nitrogens with zero attached hydrogens (tertiary/aromatic N) is 2. The van der Waals surface area contributed by atoms with Crippen molar-refractivity contribution in [1.82, 2.24) is 9.80 Å². The van der Waals surface area contributed by atoms with Crippen LogP contribution < -0.4 is 0 Å². The number of phenolic OH excluding ortho intramolecular Hbond substituents is 1. The number of Topliss-reactive ketones (excluding diaryl/α,β-unsaturated/α-hetero) is 1. The van der Waals surface area contributed by atoms with E-state index in [-0.39, 0.29) is 18.1 Å². The SMILES string of the molecule is O=C(CN1CCN(CCO)CC1)c1ccc(O)cc1. The van der Waals surface area contributed by atoms with Crippen LogP contribution in [-0.4, -0.2) is 71.7 Å². The zero-order valence-electron chi connectivity index (χ0n) is 11.0. The molecule has 1 aliphatic rings. The van der Waals surface area contributed by atoms with E-state index in [4.69, 9.17) is 5.11 Å². The number of hydrogen-bond acceptors (Lipinski definition) is 5. The van der Waals surface area contributed by atoms with E-state index in [0.29, 0.717) is 18.7 Å². The molecule has 0 aliphatic carbocycles. The van der Waals surface area contributed by atoms with Crippen molar-refractivity contribution in [3.8, 4) is 5.75 Å². The predicted molar refractivity (Wildman–Crippen MR) is 72.4 cm³/mol. The molecule has 0 atom stereocenters. The van der Waals surface area contributed by atoms with Crippen molar-refractivity contribution in [2.45, 2.75) is 0 Å². The molecule has 19 heavy (non-hydrogen) atoms. The lowest BCUT2D eigenvalue weighted by Crippen LogP contribution is -2.48. The number of β-amino-alcohol motifs (C(OH)–C–C–N with tert-alkyl or cyclic N) is 1. The normalized spacial score (nSPS) is 17.5. The van der Waals surface area contributed by atoms with Crippen molar-refractivity contribution in [2.24, 2.45) is 0 Å². The van der Waals surface area contributed by atoms with Gasteiger partial charge in [-0.1, -0.05) is 0 Å². The van der Waals surface area contributed by atoms with E-state index in [1.165, 1.54) is 12.1 Å². The lowest BCUT2D eigenvalue weighted by molar-refractivity contribution is 0.0822. The number of piperazine rings is 1. The maximum absolute atomic E-state index is 12.1. The van der Waals surface area contributed by atoms with Crippen molar-refractivity contribution in [2.75, 3.05) is 45.9 Å². The molecule has 2 rings (SSSR count). The second-order valence-electron chi connectivity index (χ2n) is 4.81. The minimum Gasteiger partial charge on any atom is -0.508 e. The van der Waals surface area contributed by atoms with Gasteiger partial charge in [0.2, 0.25) is 0 Å². The Morgan fingerprint density at radius 1 is 1.05 bits per heavy atom. The number of aliphatic hydroxyl groups excluding tert-OH is 1. The van der Waals surface area contributed by atoms with Gasteiger partial charge < -0.3 is 10.2 Å². The number of carbonyl (C=O) groups excluding carboxylic acids is 1. The molecule has 0 saturated carbocycles. The third-order valence-corrected chi connectivity index (χ3v) is 3.44. The monoisotopic (exact) mass is 264 g/mol. The van der Waals surface area contributed by atoms with E-state index in [1.54, 1.807) is 12.1 Å². The first kappa shape index (κ1) is 14.0. The summed E-state index contributed by atoms with van der Waals surface area (Å²) in [6.45, 7) is 4.80. The van der Waals surface area contributed by atoms with Crippen molar-refractivity contribution in [1.29, 1.82) is 0 Å². The van der Waals surface area contributed by atoms with Gasteiger partial charge in [0.15, 0.2) is 5.78 Å². The van der Waals surface area contributed by atoms with Crippen molar-refractivity contribution < 1.29 is 15.0 Å². The molecule has 104 valence electrons. The molecule has 0 radical (unpaired) electrons. The molecule has 0 bridgehead atoms. The number of rotatable bonds is 5. The Labute approximate surface area is 113 Å². The fourth-order valence-electron chi connectivity index (χ4n) is 2.25. The first-order valence-corrected chi connectivity index (χ1v) is 6.57. The molecule has 5 nitrogen and oxygen atoms in total. The Hall–Kier alpha value is -1.43. The largest absolute Gasteiger partial charge is 0.508 e. The lowest BCUT2D eigenvalue weighted by Gasteiger charge is -2.33. The van der Waals surface area contributed by atoms with Crippen molar-refractivity contribution in [3.63, 3.8) is 0 Å². The van der Waals surface area contributed by atoms with Gasteiger partial charge in [0.1, 0.15) is 5.75 Å². The summed E-state index contributed by atoms with van der Waals surface area (Å²) in [7, 11) is 0. The predicted octanol–water partition coefficient (Wildman–Crippen LogP) is 0.185. The highest BCUT2D eigenvalue weighted by molar-refractivity contribution is 5.97. The molecular formula is C14H20N2O3. The number of aromatic hydroxyl groups is 1. The van der Waals surface area contributed by atoms with Gasteiger partial charge in [-0.15, -0.1) is 0 Å². The number of carbonyl (C=O) groups is 1. The first-order valence-electron chi connectivity index (χ1n) is 6.57. The highest BCUT2D eigenvalue weighted by Crippen LogP contribution is 2.11. The Balaban J connectivity index is 1.82. The Bertz CT molecular complexity index is 411. The van der Waals surface area contributed by atoms with Crippen LogP contribution in [0.4, 0.5) is 0 Å². The second kappa shape index (κ2) is 6.65. The van der Waals surface area contributed by atoms with E-state index in [1.807, 2.05) is 0 Å². The molecule has 1 saturated heterocycles. The first-order chi connectivity index (χ1) is 9.19. The van der Waals surface area contributed by atoms with Crippen LogP contribution in [0.3, 0.4) is 0 Å². The molecule has 1 fully saturated rings. The fourth-order valence-corrected chi connectivity index (χ4v) is 2.25. The summed E-state index contributed by atoms with van der Waals surface area (Å²) in [5.41, 5.74) is 0.635. The number of aliphatic hydroxyl groups is 1. The zero-order valence-corrected chi connectivity index (χ0v) is 11.0. The van der Waals surface area contributed by atoms with Gasteiger partial charge in [0.05, 0.1) is 13.2 Å². The molecule has 1 aromatic rings. The molecular weight excluding hydrogens is 244 g/mol. The summed E-state index contributed by atoms with van der Waals surface area (Å²) in [4.78, 5) is 16.4. The highest BCUT2D eigenvalue weighted by atomic mass is 16.3. The number of benzene rings is 1. The van der Waals surface area contributed by atoms with E-state index < -0.39 is 0 Å². The fraction of sp³-hybridized carbons (Fsp3) is 0.500. The topological polar surface area (TPSA) is 64.0 Å². The molecule has 1 aliphatic heterocycles. The third kappa shape index (κ3) is 4.02. The van der Waals surface area contributed by atoms with E-state index in [0.717, 1.165) is 26.2 Å².